The van der Waals surface area contributed by atoms with E-state index in [-0.39, 0.29) is 5.91 Å². The van der Waals surface area contributed by atoms with E-state index in [1.807, 2.05) is 18.1 Å². The molecule has 4 aliphatic rings. The zero-order valence-corrected chi connectivity index (χ0v) is 16.3. The Morgan fingerprint density at radius 1 is 1.18 bits per heavy atom. The summed E-state index contributed by atoms with van der Waals surface area (Å²) in [5.41, 5.74) is 2.13. The summed E-state index contributed by atoms with van der Waals surface area (Å²) in [5, 5.41) is 3.33. The fraction of sp³-hybridized carbons (Fsp3) is 0.455. The number of benzene rings is 1. The zero-order valence-electron chi connectivity index (χ0n) is 16.3. The fourth-order valence-corrected chi connectivity index (χ4v) is 5.14. The third-order valence-corrected chi connectivity index (χ3v) is 6.55. The molecule has 0 radical (unpaired) electrons. The van der Waals surface area contributed by atoms with E-state index >= 15 is 0 Å². The smallest absolute Gasteiger partial charge is 0.236 e. The summed E-state index contributed by atoms with van der Waals surface area (Å²) in [6.45, 7) is 3.76. The number of likely N-dealkylation sites (tertiary alicyclic amines) is 1. The van der Waals surface area contributed by atoms with Crippen LogP contribution in [0, 0.1) is 0 Å². The maximum Gasteiger partial charge on any atom is 0.236 e. The van der Waals surface area contributed by atoms with Gasteiger partial charge in [-0.05, 0) is 24.5 Å². The van der Waals surface area contributed by atoms with Gasteiger partial charge in [-0.3, -0.25) is 19.6 Å². The molecule has 4 aliphatic heterocycles. The van der Waals surface area contributed by atoms with Crippen LogP contribution in [0.4, 0.5) is 0 Å². The summed E-state index contributed by atoms with van der Waals surface area (Å²) in [6, 6.07) is 11.1. The van der Waals surface area contributed by atoms with Crippen molar-refractivity contribution in [2.75, 3.05) is 39.8 Å². The molecule has 1 aromatic carbocycles. The molecular weight excluding hydrogens is 350 g/mol. The number of hydrogen-bond acceptors (Lipinski definition) is 5. The van der Waals surface area contributed by atoms with Crippen molar-refractivity contribution in [1.82, 2.24) is 20.0 Å². The van der Waals surface area contributed by atoms with Gasteiger partial charge in [-0.1, -0.05) is 36.4 Å². The van der Waals surface area contributed by atoms with Gasteiger partial charge in [0.15, 0.2) is 0 Å². The van der Waals surface area contributed by atoms with Crippen molar-refractivity contribution in [1.29, 1.82) is 0 Å². The second-order valence-corrected chi connectivity index (χ2v) is 8.01. The van der Waals surface area contributed by atoms with Gasteiger partial charge in [-0.15, -0.1) is 0 Å². The number of fused-ring (bicyclic) bond motifs is 1. The second kappa shape index (κ2) is 6.87. The highest BCUT2D eigenvalue weighted by Crippen LogP contribution is 2.45. The summed E-state index contributed by atoms with van der Waals surface area (Å²) in [5.74, 6) is 1.14. The van der Waals surface area contributed by atoms with Gasteiger partial charge < -0.3 is 10.2 Å². The van der Waals surface area contributed by atoms with Gasteiger partial charge in [-0.25, -0.2) is 0 Å². The van der Waals surface area contributed by atoms with Gasteiger partial charge in [0, 0.05) is 44.5 Å². The molecule has 146 valence electrons. The molecule has 2 fully saturated rings. The number of carbonyl (C=O) groups is 1. The van der Waals surface area contributed by atoms with E-state index in [4.69, 9.17) is 0 Å². The van der Waals surface area contributed by atoms with Crippen molar-refractivity contribution in [2.24, 2.45) is 4.99 Å². The molecule has 6 heteroatoms. The standard InChI is InChI=1S/C22H27N5O/c1-25-14-15-26(16-20(25)28)22(10-12-24-21-18(22)9-11-23-21)27-13-5-8-19(27)17-6-3-2-4-7-17/h2-4,6-7,9-10,12,19H,5,8,11,13-16H2,1H3,(H,23,24). The lowest BCUT2D eigenvalue weighted by Gasteiger charge is -2.53. The molecule has 1 N–H and O–H groups in total. The Balaban J connectivity index is 1.61. The number of amidine groups is 1. The minimum atomic E-state index is -0.422. The number of carbonyl (C=O) groups excluding carboxylic acids is 1. The van der Waals surface area contributed by atoms with Crippen molar-refractivity contribution >= 4 is 11.7 Å². The first-order chi connectivity index (χ1) is 13.7. The Labute approximate surface area is 166 Å². The number of rotatable bonds is 3. The molecule has 28 heavy (non-hydrogen) atoms. The van der Waals surface area contributed by atoms with Crippen LogP contribution in [-0.4, -0.2) is 71.9 Å². The molecule has 2 atom stereocenters. The van der Waals surface area contributed by atoms with E-state index in [0.29, 0.717) is 19.1 Å². The van der Waals surface area contributed by atoms with E-state index in [9.17, 15) is 4.79 Å². The third kappa shape index (κ3) is 2.63. The molecule has 4 heterocycles. The lowest BCUT2D eigenvalue weighted by Crippen LogP contribution is -2.67. The average Bonchev–Trinajstić information content (AvgIpc) is 3.40. The molecule has 2 saturated heterocycles. The van der Waals surface area contributed by atoms with Crippen molar-refractivity contribution < 1.29 is 4.79 Å². The Morgan fingerprint density at radius 2 is 2.04 bits per heavy atom. The monoisotopic (exact) mass is 377 g/mol. The largest absolute Gasteiger partial charge is 0.347 e. The highest BCUT2D eigenvalue weighted by molar-refractivity contribution is 6.04. The number of amides is 1. The van der Waals surface area contributed by atoms with Crippen LogP contribution in [0.1, 0.15) is 24.4 Å². The summed E-state index contributed by atoms with van der Waals surface area (Å²) in [6.07, 6.45) is 8.79. The first-order valence-corrected chi connectivity index (χ1v) is 10.2. The van der Waals surface area contributed by atoms with E-state index in [2.05, 4.69) is 62.6 Å². The molecule has 1 amide bonds. The van der Waals surface area contributed by atoms with Crippen LogP contribution in [0.3, 0.4) is 0 Å². The van der Waals surface area contributed by atoms with Gasteiger partial charge in [-0.2, -0.15) is 0 Å². The van der Waals surface area contributed by atoms with Crippen LogP contribution in [-0.2, 0) is 4.79 Å². The molecule has 5 rings (SSSR count). The summed E-state index contributed by atoms with van der Waals surface area (Å²) in [7, 11) is 1.90. The van der Waals surface area contributed by atoms with Crippen LogP contribution in [0.2, 0.25) is 0 Å². The average molecular weight is 377 g/mol. The van der Waals surface area contributed by atoms with Crippen molar-refractivity contribution in [3.05, 3.63) is 59.8 Å². The Hall–Kier alpha value is -2.44. The van der Waals surface area contributed by atoms with Gasteiger partial charge in [0.05, 0.1) is 13.1 Å². The predicted octanol–water partition coefficient (Wildman–Crippen LogP) is 1.75. The Kier molecular flexibility index (Phi) is 4.33. The highest BCUT2D eigenvalue weighted by atomic mass is 16.2. The topological polar surface area (TPSA) is 51.2 Å². The molecule has 0 aliphatic carbocycles. The van der Waals surface area contributed by atoms with E-state index < -0.39 is 5.66 Å². The molecule has 2 unspecified atom stereocenters. The minimum Gasteiger partial charge on any atom is -0.347 e. The minimum absolute atomic E-state index is 0.185. The lowest BCUT2D eigenvalue weighted by atomic mass is 9.89. The first-order valence-electron chi connectivity index (χ1n) is 10.2. The number of piperazine rings is 1. The molecule has 0 aromatic heterocycles. The number of nitrogens with zero attached hydrogens (tertiary/aromatic N) is 4. The van der Waals surface area contributed by atoms with Gasteiger partial charge in [0.25, 0.3) is 0 Å². The van der Waals surface area contributed by atoms with Crippen LogP contribution in [0.15, 0.2) is 59.2 Å². The van der Waals surface area contributed by atoms with E-state index in [1.165, 1.54) is 11.1 Å². The van der Waals surface area contributed by atoms with Crippen molar-refractivity contribution in [3.63, 3.8) is 0 Å². The number of likely N-dealkylation sites (N-methyl/N-ethyl adjacent to an activating group) is 1. The number of nitrogens with one attached hydrogen (secondary N) is 1. The summed E-state index contributed by atoms with van der Waals surface area (Å²) >= 11 is 0. The fourth-order valence-electron chi connectivity index (χ4n) is 5.14. The van der Waals surface area contributed by atoms with Gasteiger partial charge >= 0.3 is 0 Å². The van der Waals surface area contributed by atoms with Crippen molar-refractivity contribution in [3.8, 4) is 0 Å². The highest BCUT2D eigenvalue weighted by Gasteiger charge is 2.52. The van der Waals surface area contributed by atoms with Gasteiger partial charge in [0.2, 0.25) is 5.91 Å². The van der Waals surface area contributed by atoms with Gasteiger partial charge in [0.1, 0.15) is 11.5 Å². The molecular formula is C22H27N5O. The number of hydrogen-bond donors (Lipinski definition) is 1. The number of aliphatic imine (C=N–C) groups is 1. The molecule has 0 saturated carbocycles. The molecule has 1 aromatic rings. The molecule has 0 bridgehead atoms. The molecule has 0 spiro atoms. The lowest BCUT2D eigenvalue weighted by molar-refractivity contribution is -0.139. The van der Waals surface area contributed by atoms with Crippen LogP contribution in [0.5, 0.6) is 0 Å². The molecule has 6 nitrogen and oxygen atoms in total. The Morgan fingerprint density at radius 3 is 2.86 bits per heavy atom. The predicted molar refractivity (Wildman–Crippen MR) is 110 cm³/mol. The second-order valence-electron chi connectivity index (χ2n) is 8.01. The van der Waals surface area contributed by atoms with Crippen LogP contribution in [0.25, 0.3) is 0 Å². The maximum absolute atomic E-state index is 12.6. The first kappa shape index (κ1) is 17.6. The maximum atomic E-state index is 12.6. The van der Waals surface area contributed by atoms with E-state index in [1.54, 1.807) is 0 Å². The third-order valence-electron chi connectivity index (χ3n) is 6.55. The zero-order chi connectivity index (χ0) is 19.1. The van der Waals surface area contributed by atoms with Crippen molar-refractivity contribution in [2.45, 2.75) is 24.5 Å². The Bertz CT molecular complexity index is 861. The summed E-state index contributed by atoms with van der Waals surface area (Å²) in [4.78, 5) is 24.1. The van der Waals surface area contributed by atoms with Crippen LogP contribution >= 0.6 is 0 Å². The normalized spacial score (nSPS) is 30.8. The summed E-state index contributed by atoms with van der Waals surface area (Å²) < 4.78 is 0. The van der Waals surface area contributed by atoms with Crippen LogP contribution < -0.4 is 5.32 Å². The SMILES string of the molecule is CN1CCN(C2(N3CCCC3c3ccccc3)C=CNC3=NCC=C32)CC1=O. The van der Waals surface area contributed by atoms with E-state index in [0.717, 1.165) is 38.3 Å². The quantitative estimate of drug-likeness (QED) is 0.872.